The number of halogens is 1. The number of thioether (sulfide) groups is 1. The molecule has 172 valence electrons. The first-order valence-electron chi connectivity index (χ1n) is 10.5. The lowest BCUT2D eigenvalue weighted by Gasteiger charge is -2.12. The van der Waals surface area contributed by atoms with Crippen molar-refractivity contribution in [2.75, 3.05) is 16.4 Å². The molecular weight excluding hydrogens is 470 g/mol. The topological polar surface area (TPSA) is 88.9 Å². The molecule has 0 aliphatic rings. The van der Waals surface area contributed by atoms with Gasteiger partial charge in [0.1, 0.15) is 0 Å². The van der Waals surface area contributed by atoms with Gasteiger partial charge in [-0.1, -0.05) is 65.8 Å². The maximum Gasteiger partial charge on any atom is 0.234 e. The van der Waals surface area contributed by atoms with Gasteiger partial charge in [-0.2, -0.15) is 0 Å². The van der Waals surface area contributed by atoms with Crippen LogP contribution >= 0.6 is 23.4 Å². The van der Waals surface area contributed by atoms with Gasteiger partial charge in [0.2, 0.25) is 5.91 Å². The van der Waals surface area contributed by atoms with E-state index in [1.807, 2.05) is 59.2 Å². The Balaban J connectivity index is 1.49. The van der Waals surface area contributed by atoms with E-state index in [9.17, 15) is 9.59 Å². The van der Waals surface area contributed by atoms with Crippen molar-refractivity contribution in [2.45, 2.75) is 18.6 Å². The molecule has 4 aromatic rings. The maximum absolute atomic E-state index is 12.6. The van der Waals surface area contributed by atoms with Crippen LogP contribution in [0.25, 0.3) is 5.69 Å². The van der Waals surface area contributed by atoms with E-state index < -0.39 is 0 Å². The number of ketones is 1. The normalized spacial score (nSPS) is 10.6. The predicted molar refractivity (Wildman–Crippen MR) is 136 cm³/mol. The second-order valence-corrected chi connectivity index (χ2v) is 8.73. The molecule has 0 unspecified atom stereocenters. The Labute approximate surface area is 206 Å². The number of para-hydroxylation sites is 2. The highest BCUT2D eigenvalue weighted by Gasteiger charge is 2.16. The number of carbonyl (C=O) groups is 2. The van der Waals surface area contributed by atoms with Crippen LogP contribution in [0.3, 0.4) is 0 Å². The summed E-state index contributed by atoms with van der Waals surface area (Å²) < 4.78 is 1.91. The largest absolute Gasteiger partial charge is 0.377 e. The molecule has 9 heteroatoms. The first-order chi connectivity index (χ1) is 16.5. The van der Waals surface area contributed by atoms with Crippen LogP contribution in [-0.2, 0) is 11.3 Å². The van der Waals surface area contributed by atoms with Crippen molar-refractivity contribution >= 4 is 46.4 Å². The Hall–Kier alpha value is -3.62. The van der Waals surface area contributed by atoms with Gasteiger partial charge in [-0.05, 0) is 43.3 Å². The third kappa shape index (κ3) is 5.84. The summed E-state index contributed by atoms with van der Waals surface area (Å²) in [5, 5.41) is 16.0. The summed E-state index contributed by atoms with van der Waals surface area (Å²) in [7, 11) is 0. The van der Waals surface area contributed by atoms with Gasteiger partial charge in [0.25, 0.3) is 0 Å². The lowest BCUT2D eigenvalue weighted by molar-refractivity contribution is -0.113. The highest BCUT2D eigenvalue weighted by molar-refractivity contribution is 7.99. The third-order valence-corrected chi connectivity index (χ3v) is 6.17. The summed E-state index contributed by atoms with van der Waals surface area (Å²) in [4.78, 5) is 24.2. The van der Waals surface area contributed by atoms with Crippen LogP contribution in [0.5, 0.6) is 0 Å². The molecule has 0 aliphatic heterocycles. The average Bonchev–Trinajstić information content (AvgIpc) is 3.25. The number of carbonyl (C=O) groups excluding carboxylic acids is 2. The van der Waals surface area contributed by atoms with Crippen LogP contribution < -0.4 is 10.6 Å². The van der Waals surface area contributed by atoms with Gasteiger partial charge in [0.15, 0.2) is 16.8 Å². The number of amides is 1. The molecule has 0 atom stereocenters. The number of aromatic nitrogens is 3. The van der Waals surface area contributed by atoms with E-state index in [0.29, 0.717) is 33.8 Å². The van der Waals surface area contributed by atoms with E-state index in [1.165, 1.54) is 18.7 Å². The van der Waals surface area contributed by atoms with Crippen molar-refractivity contribution in [3.63, 3.8) is 0 Å². The Morgan fingerprint density at radius 3 is 2.50 bits per heavy atom. The molecule has 4 rings (SSSR count). The minimum atomic E-state index is -0.205. The molecule has 0 radical (unpaired) electrons. The van der Waals surface area contributed by atoms with Gasteiger partial charge in [0.05, 0.1) is 23.0 Å². The van der Waals surface area contributed by atoms with E-state index in [4.69, 9.17) is 11.6 Å². The number of nitrogens with one attached hydrogen (secondary N) is 2. The molecule has 34 heavy (non-hydrogen) atoms. The number of Topliss-reactive ketones (excluding diaryl/α,β-unsaturated/α-hetero) is 1. The molecule has 0 aliphatic carbocycles. The summed E-state index contributed by atoms with van der Waals surface area (Å²) >= 11 is 7.54. The first kappa shape index (κ1) is 23.5. The van der Waals surface area contributed by atoms with Gasteiger partial charge in [-0.15, -0.1) is 10.2 Å². The molecule has 7 nitrogen and oxygen atoms in total. The zero-order valence-corrected chi connectivity index (χ0v) is 19.9. The fraction of sp³-hybridized carbons (Fsp3) is 0.120. The summed E-state index contributed by atoms with van der Waals surface area (Å²) in [6.07, 6.45) is 0. The first-order valence-corrected chi connectivity index (χ1v) is 11.9. The van der Waals surface area contributed by atoms with Crippen molar-refractivity contribution in [1.82, 2.24) is 14.8 Å². The second-order valence-electron chi connectivity index (χ2n) is 7.38. The molecular formula is C25H22ClN5O2S. The lowest BCUT2D eigenvalue weighted by atomic mass is 10.1. The van der Waals surface area contributed by atoms with Crippen LogP contribution in [0.15, 0.2) is 84.0 Å². The van der Waals surface area contributed by atoms with Gasteiger partial charge in [-0.25, -0.2) is 0 Å². The summed E-state index contributed by atoms with van der Waals surface area (Å²) in [5.41, 5.74) is 2.81. The number of rotatable bonds is 9. The van der Waals surface area contributed by atoms with Gasteiger partial charge in [0, 0.05) is 16.9 Å². The van der Waals surface area contributed by atoms with E-state index >= 15 is 0 Å². The van der Waals surface area contributed by atoms with Gasteiger partial charge < -0.3 is 10.6 Å². The van der Waals surface area contributed by atoms with E-state index in [2.05, 4.69) is 20.8 Å². The number of hydrogen-bond donors (Lipinski definition) is 2. The summed E-state index contributed by atoms with van der Waals surface area (Å²) in [5.74, 6) is 0.555. The fourth-order valence-electron chi connectivity index (χ4n) is 3.27. The molecule has 2 N–H and O–H groups in total. The summed E-state index contributed by atoms with van der Waals surface area (Å²) in [6.45, 7) is 1.89. The number of benzene rings is 3. The fourth-order valence-corrected chi connectivity index (χ4v) is 4.24. The molecule has 3 aromatic carbocycles. The standard InChI is InChI=1S/C25H22ClN5O2S/c1-17(32)18-8-7-9-19(14-18)28-24(33)16-34-25-30-29-23(31(25)20-10-3-2-4-11-20)15-27-22-13-6-5-12-21(22)26/h2-14,27H,15-16H2,1H3,(H,28,33). The Bertz CT molecular complexity index is 1310. The maximum atomic E-state index is 12.6. The minimum absolute atomic E-state index is 0.0561. The molecule has 1 aromatic heterocycles. The molecule has 0 bridgehead atoms. The lowest BCUT2D eigenvalue weighted by Crippen LogP contribution is -2.15. The minimum Gasteiger partial charge on any atom is -0.377 e. The molecule has 1 amide bonds. The zero-order chi connectivity index (χ0) is 23.9. The van der Waals surface area contributed by atoms with Gasteiger partial charge in [-0.3, -0.25) is 14.2 Å². The zero-order valence-electron chi connectivity index (χ0n) is 18.4. The quantitative estimate of drug-likeness (QED) is 0.238. The van der Waals surface area contributed by atoms with E-state index in [-0.39, 0.29) is 17.4 Å². The van der Waals surface area contributed by atoms with Crippen LogP contribution in [0.1, 0.15) is 23.1 Å². The molecule has 0 saturated carbocycles. The SMILES string of the molecule is CC(=O)c1cccc(NC(=O)CSc2nnc(CNc3ccccc3Cl)n2-c2ccccc2)c1. The summed E-state index contributed by atoms with van der Waals surface area (Å²) in [6, 6.07) is 24.1. The van der Waals surface area contributed by atoms with Crippen molar-refractivity contribution in [1.29, 1.82) is 0 Å². The molecule has 1 heterocycles. The van der Waals surface area contributed by atoms with Crippen molar-refractivity contribution in [2.24, 2.45) is 0 Å². The second kappa shape index (κ2) is 11.0. The van der Waals surface area contributed by atoms with Crippen LogP contribution in [0.2, 0.25) is 5.02 Å². The smallest absolute Gasteiger partial charge is 0.234 e. The third-order valence-electron chi connectivity index (χ3n) is 4.91. The Morgan fingerprint density at radius 2 is 1.74 bits per heavy atom. The van der Waals surface area contributed by atoms with Crippen molar-refractivity contribution in [3.8, 4) is 5.69 Å². The number of hydrogen-bond acceptors (Lipinski definition) is 6. The molecule has 0 spiro atoms. The van der Waals surface area contributed by atoms with Crippen LogP contribution in [0, 0.1) is 0 Å². The van der Waals surface area contributed by atoms with Gasteiger partial charge >= 0.3 is 0 Å². The van der Waals surface area contributed by atoms with E-state index in [0.717, 1.165) is 11.4 Å². The van der Waals surface area contributed by atoms with Crippen molar-refractivity contribution < 1.29 is 9.59 Å². The van der Waals surface area contributed by atoms with Crippen LogP contribution in [0.4, 0.5) is 11.4 Å². The monoisotopic (exact) mass is 491 g/mol. The average molecular weight is 492 g/mol. The van der Waals surface area contributed by atoms with Crippen LogP contribution in [-0.4, -0.2) is 32.2 Å². The number of anilines is 2. The highest BCUT2D eigenvalue weighted by Crippen LogP contribution is 2.25. The predicted octanol–water partition coefficient (Wildman–Crippen LogP) is 5.47. The Kier molecular flexibility index (Phi) is 7.61. The Morgan fingerprint density at radius 1 is 0.971 bits per heavy atom. The van der Waals surface area contributed by atoms with Crippen molar-refractivity contribution in [3.05, 3.63) is 95.3 Å². The van der Waals surface area contributed by atoms with E-state index in [1.54, 1.807) is 24.3 Å². The molecule has 0 fully saturated rings. The molecule has 0 saturated heterocycles. The highest BCUT2D eigenvalue weighted by atomic mass is 35.5. The number of nitrogens with zero attached hydrogens (tertiary/aromatic N) is 3.